The lowest BCUT2D eigenvalue weighted by atomic mass is 9.97. The van der Waals surface area contributed by atoms with Crippen LogP contribution in [-0.2, 0) is 38.6 Å². The van der Waals surface area contributed by atoms with Crippen molar-refractivity contribution in [2.75, 3.05) is 0 Å². The number of hydrogen-bond donors (Lipinski definition) is 0. The van der Waals surface area contributed by atoms with Crippen LogP contribution in [0.2, 0.25) is 0 Å². The van der Waals surface area contributed by atoms with Gasteiger partial charge in [-0.2, -0.15) is 0 Å². The van der Waals surface area contributed by atoms with Crippen LogP contribution < -0.4 is 4.74 Å². The summed E-state index contributed by atoms with van der Waals surface area (Å²) in [5.74, 6) is -2.01. The number of Topliss-reactive ketones (excluding diaryl/α,β-unsaturated/α-hetero) is 1. The molecule has 0 aliphatic heterocycles. The maximum absolute atomic E-state index is 14.4. The van der Waals surface area contributed by atoms with Crippen LogP contribution in [0.15, 0.2) is 104 Å². The molecule has 0 saturated carbocycles. The molecule has 0 saturated heterocycles. The van der Waals surface area contributed by atoms with Gasteiger partial charge in [0, 0.05) is 18.9 Å². The molecule has 0 N–H and O–H groups in total. The molecule has 0 heterocycles. The smallest absolute Gasteiger partial charge is 0.330 e. The first-order valence-corrected chi connectivity index (χ1v) is 12.8. The summed E-state index contributed by atoms with van der Waals surface area (Å²) in [5.41, 5.74) is 5.02. The third-order valence-corrected chi connectivity index (χ3v) is 6.42. The van der Waals surface area contributed by atoms with Crippen LogP contribution in [0, 0.1) is 5.82 Å². The number of carbonyl (C=O) groups excluding carboxylic acids is 3. The van der Waals surface area contributed by atoms with E-state index >= 15 is 0 Å². The van der Waals surface area contributed by atoms with Gasteiger partial charge in [-0.05, 0) is 75.7 Å². The zero-order valence-electron chi connectivity index (χ0n) is 22.2. The number of fused-ring (bicyclic) bond motifs is 1. The Kier molecular flexibility index (Phi) is 9.02. The molecule has 0 aromatic heterocycles. The SMILES string of the molecule is C=CC(=O)OCc1ccc(OC(=O)CCc2ccc3cc(-c4ccc(CC(=O)C(=C)C)cc4)ccc3c2)c(F)c1. The van der Waals surface area contributed by atoms with Gasteiger partial charge in [0.15, 0.2) is 17.3 Å². The van der Waals surface area contributed by atoms with Crippen LogP contribution in [-0.4, -0.2) is 17.7 Å². The topological polar surface area (TPSA) is 69.7 Å². The number of rotatable bonds is 11. The van der Waals surface area contributed by atoms with Crippen molar-refractivity contribution in [2.24, 2.45) is 0 Å². The Labute approximate surface area is 232 Å². The van der Waals surface area contributed by atoms with Gasteiger partial charge in [-0.15, -0.1) is 0 Å². The Hall–Kier alpha value is -4.84. The van der Waals surface area contributed by atoms with Crippen LogP contribution in [0.25, 0.3) is 21.9 Å². The Bertz CT molecular complexity index is 1600. The van der Waals surface area contributed by atoms with Crippen molar-refractivity contribution in [3.63, 3.8) is 0 Å². The molecule has 40 heavy (non-hydrogen) atoms. The van der Waals surface area contributed by atoms with Crippen molar-refractivity contribution in [2.45, 2.75) is 32.8 Å². The number of benzene rings is 4. The van der Waals surface area contributed by atoms with E-state index in [1.54, 1.807) is 6.92 Å². The number of esters is 2. The standard InChI is InChI=1S/C34H29FO5/c1-4-33(37)39-21-25-8-15-32(30(35)18-25)40-34(38)16-9-23-7-12-29-20-28(14-13-27(29)17-23)26-10-5-24(6-11-26)19-31(36)22(2)3/h4-8,10-15,17-18,20H,1-2,9,16,19,21H2,3H3. The third-order valence-electron chi connectivity index (χ3n) is 6.42. The number of aryl methyl sites for hydroxylation is 1. The molecule has 5 nitrogen and oxygen atoms in total. The lowest BCUT2D eigenvalue weighted by Crippen LogP contribution is -2.10. The fourth-order valence-electron chi connectivity index (χ4n) is 4.13. The number of carbonyl (C=O) groups is 3. The van der Waals surface area contributed by atoms with Crippen molar-refractivity contribution in [3.05, 3.63) is 126 Å². The number of allylic oxidation sites excluding steroid dienone is 1. The zero-order chi connectivity index (χ0) is 28.6. The second-order valence-electron chi connectivity index (χ2n) is 9.52. The number of ether oxygens (including phenoxy) is 2. The maximum atomic E-state index is 14.4. The highest BCUT2D eigenvalue weighted by Gasteiger charge is 2.12. The monoisotopic (exact) mass is 536 g/mol. The van der Waals surface area contributed by atoms with Gasteiger partial charge in [0.2, 0.25) is 0 Å². The molecule has 0 bridgehead atoms. The molecule has 0 radical (unpaired) electrons. The summed E-state index contributed by atoms with van der Waals surface area (Å²) in [4.78, 5) is 35.4. The van der Waals surface area contributed by atoms with E-state index in [9.17, 15) is 18.8 Å². The number of halogens is 1. The first kappa shape index (κ1) is 28.2. The zero-order valence-corrected chi connectivity index (χ0v) is 22.2. The van der Waals surface area contributed by atoms with Crippen molar-refractivity contribution in [3.8, 4) is 16.9 Å². The van der Waals surface area contributed by atoms with E-state index in [0.29, 0.717) is 24.0 Å². The van der Waals surface area contributed by atoms with Gasteiger partial charge in [0.25, 0.3) is 0 Å². The van der Waals surface area contributed by atoms with E-state index in [-0.39, 0.29) is 24.6 Å². The van der Waals surface area contributed by atoms with Crippen LogP contribution in [0.4, 0.5) is 4.39 Å². The lowest BCUT2D eigenvalue weighted by Gasteiger charge is -2.09. The molecule has 202 valence electrons. The van der Waals surface area contributed by atoms with Gasteiger partial charge in [0.05, 0.1) is 0 Å². The summed E-state index contributed by atoms with van der Waals surface area (Å²) in [6.45, 7) is 8.62. The summed E-state index contributed by atoms with van der Waals surface area (Å²) in [7, 11) is 0. The van der Waals surface area contributed by atoms with Crippen LogP contribution in [0.5, 0.6) is 5.75 Å². The molecule has 0 aliphatic rings. The molecular weight excluding hydrogens is 507 g/mol. The van der Waals surface area contributed by atoms with E-state index in [0.717, 1.165) is 45.2 Å². The summed E-state index contributed by atoms with van der Waals surface area (Å²) < 4.78 is 24.4. The minimum absolute atomic E-state index is 0.0361. The van der Waals surface area contributed by atoms with Gasteiger partial charge in [-0.25, -0.2) is 9.18 Å². The van der Waals surface area contributed by atoms with Crippen molar-refractivity contribution in [1.82, 2.24) is 0 Å². The van der Waals surface area contributed by atoms with E-state index in [4.69, 9.17) is 9.47 Å². The average Bonchev–Trinajstić information content (AvgIpc) is 2.96. The van der Waals surface area contributed by atoms with E-state index in [2.05, 4.69) is 19.2 Å². The van der Waals surface area contributed by atoms with Crippen molar-refractivity contribution in [1.29, 1.82) is 0 Å². The van der Waals surface area contributed by atoms with Crippen molar-refractivity contribution < 1.29 is 28.2 Å². The summed E-state index contributed by atoms with van der Waals surface area (Å²) in [6, 6.07) is 24.2. The average molecular weight is 537 g/mol. The molecular formula is C34H29FO5. The molecule has 0 atom stereocenters. The Balaban J connectivity index is 1.35. The molecule has 4 aromatic rings. The molecule has 4 rings (SSSR count). The summed E-state index contributed by atoms with van der Waals surface area (Å²) >= 11 is 0. The van der Waals surface area contributed by atoms with E-state index in [1.807, 2.05) is 54.6 Å². The van der Waals surface area contributed by atoms with Gasteiger partial charge < -0.3 is 9.47 Å². The van der Waals surface area contributed by atoms with Crippen molar-refractivity contribution >= 4 is 28.5 Å². The molecule has 0 amide bonds. The molecule has 0 aliphatic carbocycles. The normalized spacial score (nSPS) is 10.7. The largest absolute Gasteiger partial charge is 0.458 e. The van der Waals surface area contributed by atoms with E-state index < -0.39 is 17.8 Å². The highest BCUT2D eigenvalue weighted by molar-refractivity contribution is 5.95. The van der Waals surface area contributed by atoms with Gasteiger partial charge in [0.1, 0.15) is 6.61 Å². The summed E-state index contributed by atoms with van der Waals surface area (Å²) in [6.07, 6.45) is 1.90. The fourth-order valence-corrected chi connectivity index (χ4v) is 4.13. The minimum atomic E-state index is -0.711. The predicted molar refractivity (Wildman–Crippen MR) is 153 cm³/mol. The Morgan fingerprint density at radius 2 is 1.48 bits per heavy atom. The minimum Gasteiger partial charge on any atom is -0.458 e. The second kappa shape index (κ2) is 12.8. The second-order valence-corrected chi connectivity index (χ2v) is 9.52. The quantitative estimate of drug-likeness (QED) is 0.116. The van der Waals surface area contributed by atoms with Crippen LogP contribution in [0.1, 0.15) is 30.0 Å². The maximum Gasteiger partial charge on any atom is 0.330 e. The lowest BCUT2D eigenvalue weighted by molar-refractivity contribution is -0.139. The molecule has 0 spiro atoms. The Morgan fingerprint density at radius 1 is 0.825 bits per heavy atom. The van der Waals surface area contributed by atoms with Gasteiger partial charge in [-0.1, -0.05) is 73.8 Å². The van der Waals surface area contributed by atoms with Gasteiger partial charge in [-0.3, -0.25) is 9.59 Å². The first-order valence-electron chi connectivity index (χ1n) is 12.8. The molecule has 0 fully saturated rings. The Morgan fingerprint density at radius 3 is 2.17 bits per heavy atom. The van der Waals surface area contributed by atoms with E-state index in [1.165, 1.54) is 12.1 Å². The first-order chi connectivity index (χ1) is 19.2. The van der Waals surface area contributed by atoms with Crippen LogP contribution in [0.3, 0.4) is 0 Å². The van der Waals surface area contributed by atoms with Crippen LogP contribution >= 0.6 is 0 Å². The molecule has 6 heteroatoms. The number of ketones is 1. The third kappa shape index (κ3) is 7.38. The number of hydrogen-bond acceptors (Lipinski definition) is 5. The highest BCUT2D eigenvalue weighted by Crippen LogP contribution is 2.26. The van der Waals surface area contributed by atoms with Gasteiger partial charge >= 0.3 is 11.9 Å². The highest BCUT2D eigenvalue weighted by atomic mass is 19.1. The predicted octanol–water partition coefficient (Wildman–Crippen LogP) is 7.10. The molecule has 0 unspecified atom stereocenters. The summed E-state index contributed by atoms with van der Waals surface area (Å²) in [5, 5.41) is 2.10. The fraction of sp³-hybridized carbons (Fsp3) is 0.147. The molecule has 4 aromatic carbocycles.